The molecule has 2 aromatic carbocycles. The summed E-state index contributed by atoms with van der Waals surface area (Å²) in [6.07, 6.45) is 0. The number of nitrogens with one attached hydrogen (secondary N) is 2. The maximum atomic E-state index is 12.5. The fraction of sp³-hybridized carbons (Fsp3) is 0.278. The van der Waals surface area contributed by atoms with Gasteiger partial charge in [0.25, 0.3) is 5.91 Å². The summed E-state index contributed by atoms with van der Waals surface area (Å²) in [5, 5.41) is 2.95. The third kappa shape index (κ3) is 3.71. The highest BCUT2D eigenvalue weighted by molar-refractivity contribution is 9.10. The predicted octanol–water partition coefficient (Wildman–Crippen LogP) is 2.22. The fourth-order valence-electron chi connectivity index (χ4n) is 2.54. The highest BCUT2D eigenvalue weighted by Crippen LogP contribution is 2.34. The van der Waals surface area contributed by atoms with Crippen molar-refractivity contribution in [3.05, 3.63) is 52.5 Å². The number of quaternary nitrogens is 1. The maximum absolute atomic E-state index is 12.5. The molecule has 3 rings (SSSR count). The molecule has 0 fully saturated rings. The first-order valence-corrected chi connectivity index (χ1v) is 8.60. The number of fused-ring (bicyclic) bond motifs is 1. The Morgan fingerprint density at radius 1 is 1.25 bits per heavy atom. The minimum Gasteiger partial charge on any atom is -0.454 e. The minimum atomic E-state index is -0.192. The van der Waals surface area contributed by atoms with Gasteiger partial charge in [-0.25, -0.2) is 0 Å². The lowest BCUT2D eigenvalue weighted by atomic mass is 10.2. The SMILES string of the molecule is C[C@@H](C(=O)Nc1ccc2c(c1)OCO2)[NH+](C)Cc1ccccc1Br. The highest BCUT2D eigenvalue weighted by Gasteiger charge is 2.23. The number of carbonyl (C=O) groups is 1. The van der Waals surface area contributed by atoms with Gasteiger partial charge in [0.15, 0.2) is 17.5 Å². The quantitative estimate of drug-likeness (QED) is 0.821. The number of carbonyl (C=O) groups excluding carboxylic acids is 1. The molecule has 0 bridgehead atoms. The van der Waals surface area contributed by atoms with Gasteiger partial charge < -0.3 is 19.7 Å². The molecule has 24 heavy (non-hydrogen) atoms. The molecule has 0 spiro atoms. The topological polar surface area (TPSA) is 52.0 Å². The van der Waals surface area contributed by atoms with Crippen LogP contribution in [0.3, 0.4) is 0 Å². The van der Waals surface area contributed by atoms with Gasteiger partial charge in [-0.3, -0.25) is 4.79 Å². The van der Waals surface area contributed by atoms with Crippen molar-refractivity contribution in [2.45, 2.75) is 19.5 Å². The van der Waals surface area contributed by atoms with E-state index in [1.165, 1.54) is 5.56 Å². The molecular weight excluding hydrogens is 372 g/mol. The van der Waals surface area contributed by atoms with Crippen LogP contribution in [-0.2, 0) is 11.3 Å². The number of rotatable bonds is 5. The monoisotopic (exact) mass is 391 g/mol. The number of amides is 1. The number of ether oxygens (including phenoxy) is 2. The molecule has 126 valence electrons. The van der Waals surface area contributed by atoms with Gasteiger partial charge >= 0.3 is 0 Å². The zero-order valence-electron chi connectivity index (χ0n) is 13.6. The summed E-state index contributed by atoms with van der Waals surface area (Å²) in [6, 6.07) is 13.3. The number of benzene rings is 2. The van der Waals surface area contributed by atoms with Crippen LogP contribution in [0.1, 0.15) is 12.5 Å². The van der Waals surface area contributed by atoms with Crippen molar-refractivity contribution in [1.29, 1.82) is 0 Å². The molecule has 2 aromatic rings. The molecule has 1 unspecified atom stereocenters. The molecule has 1 heterocycles. The van der Waals surface area contributed by atoms with E-state index in [1.807, 2.05) is 38.2 Å². The van der Waals surface area contributed by atoms with Crippen LogP contribution in [0.25, 0.3) is 0 Å². The zero-order valence-corrected chi connectivity index (χ0v) is 15.2. The Hall–Kier alpha value is -2.05. The van der Waals surface area contributed by atoms with Crippen molar-refractivity contribution < 1.29 is 19.2 Å². The van der Waals surface area contributed by atoms with E-state index in [0.29, 0.717) is 17.2 Å². The van der Waals surface area contributed by atoms with Crippen LogP contribution in [0.15, 0.2) is 46.9 Å². The number of hydrogen-bond acceptors (Lipinski definition) is 3. The molecule has 1 aliphatic rings. The molecule has 2 N–H and O–H groups in total. The Kier molecular flexibility index (Phi) is 5.06. The Balaban J connectivity index is 1.63. The van der Waals surface area contributed by atoms with E-state index in [2.05, 4.69) is 27.3 Å². The average molecular weight is 392 g/mol. The number of anilines is 1. The zero-order chi connectivity index (χ0) is 17.1. The van der Waals surface area contributed by atoms with E-state index >= 15 is 0 Å². The number of likely N-dealkylation sites (N-methyl/N-ethyl adjacent to an activating group) is 1. The predicted molar refractivity (Wildman–Crippen MR) is 95.4 cm³/mol. The minimum absolute atomic E-state index is 0.0292. The van der Waals surface area contributed by atoms with Crippen LogP contribution in [-0.4, -0.2) is 25.8 Å². The number of hydrogen-bond donors (Lipinski definition) is 2. The van der Waals surface area contributed by atoms with E-state index in [0.717, 1.165) is 15.9 Å². The van der Waals surface area contributed by atoms with Gasteiger partial charge in [0, 0.05) is 21.8 Å². The lowest BCUT2D eigenvalue weighted by molar-refractivity contribution is -0.907. The Labute approximate surface area is 149 Å². The largest absolute Gasteiger partial charge is 0.454 e. The molecular formula is C18H20BrN2O3+. The highest BCUT2D eigenvalue weighted by atomic mass is 79.9. The van der Waals surface area contributed by atoms with Crippen LogP contribution in [0.5, 0.6) is 11.5 Å². The Bertz CT molecular complexity index is 751. The summed E-state index contributed by atoms with van der Waals surface area (Å²) >= 11 is 3.55. The van der Waals surface area contributed by atoms with Gasteiger partial charge in [0.1, 0.15) is 6.54 Å². The standard InChI is InChI=1S/C18H19BrN2O3/c1-12(21(2)10-13-5-3-4-6-15(13)19)18(22)20-14-7-8-16-17(9-14)24-11-23-16/h3-9,12H,10-11H2,1-2H3,(H,20,22)/p+1/t12-/m0/s1. The van der Waals surface area contributed by atoms with E-state index in [9.17, 15) is 4.79 Å². The van der Waals surface area contributed by atoms with E-state index < -0.39 is 0 Å². The lowest BCUT2D eigenvalue weighted by Gasteiger charge is -2.21. The van der Waals surface area contributed by atoms with E-state index in [4.69, 9.17) is 9.47 Å². The summed E-state index contributed by atoms with van der Waals surface area (Å²) in [5.41, 5.74) is 1.89. The molecule has 2 atom stereocenters. The molecule has 0 saturated heterocycles. The third-order valence-electron chi connectivity index (χ3n) is 4.20. The first kappa shape index (κ1) is 16.8. The lowest BCUT2D eigenvalue weighted by Crippen LogP contribution is -3.12. The van der Waals surface area contributed by atoms with Crippen molar-refractivity contribution >= 4 is 27.5 Å². The Morgan fingerprint density at radius 2 is 2.00 bits per heavy atom. The molecule has 5 nitrogen and oxygen atoms in total. The molecule has 0 aromatic heterocycles. The van der Waals surface area contributed by atoms with Crippen molar-refractivity contribution in [3.8, 4) is 11.5 Å². The van der Waals surface area contributed by atoms with Crippen LogP contribution >= 0.6 is 15.9 Å². The van der Waals surface area contributed by atoms with Gasteiger partial charge in [0.2, 0.25) is 6.79 Å². The van der Waals surface area contributed by atoms with E-state index in [-0.39, 0.29) is 18.7 Å². The smallest absolute Gasteiger partial charge is 0.282 e. The molecule has 0 radical (unpaired) electrons. The second-order valence-electron chi connectivity index (χ2n) is 5.89. The second kappa shape index (κ2) is 7.23. The van der Waals surface area contributed by atoms with E-state index in [1.54, 1.807) is 12.1 Å². The van der Waals surface area contributed by atoms with Crippen LogP contribution in [0.4, 0.5) is 5.69 Å². The van der Waals surface area contributed by atoms with Crippen LogP contribution in [0.2, 0.25) is 0 Å². The maximum Gasteiger partial charge on any atom is 0.282 e. The first-order valence-electron chi connectivity index (χ1n) is 7.81. The van der Waals surface area contributed by atoms with Crippen molar-refractivity contribution in [2.24, 2.45) is 0 Å². The van der Waals surface area contributed by atoms with Gasteiger partial charge in [0.05, 0.1) is 7.05 Å². The second-order valence-corrected chi connectivity index (χ2v) is 6.75. The number of halogens is 1. The third-order valence-corrected chi connectivity index (χ3v) is 4.97. The first-order chi connectivity index (χ1) is 11.5. The van der Waals surface area contributed by atoms with Crippen LogP contribution < -0.4 is 19.7 Å². The molecule has 1 amide bonds. The summed E-state index contributed by atoms with van der Waals surface area (Å²) in [7, 11) is 2.02. The Morgan fingerprint density at radius 3 is 2.79 bits per heavy atom. The van der Waals surface area contributed by atoms with Gasteiger partial charge in [-0.2, -0.15) is 0 Å². The van der Waals surface area contributed by atoms with Gasteiger partial charge in [-0.15, -0.1) is 0 Å². The summed E-state index contributed by atoms with van der Waals surface area (Å²) in [4.78, 5) is 13.6. The molecule has 6 heteroatoms. The average Bonchev–Trinajstić information content (AvgIpc) is 3.03. The fourth-order valence-corrected chi connectivity index (χ4v) is 2.97. The normalized spacial score (nSPS) is 15.0. The van der Waals surface area contributed by atoms with Crippen molar-refractivity contribution in [2.75, 3.05) is 19.2 Å². The van der Waals surface area contributed by atoms with Gasteiger partial charge in [-0.1, -0.05) is 34.1 Å². The molecule has 1 aliphatic heterocycles. The summed E-state index contributed by atoms with van der Waals surface area (Å²) < 4.78 is 11.7. The summed E-state index contributed by atoms with van der Waals surface area (Å²) in [5.74, 6) is 1.34. The van der Waals surface area contributed by atoms with Gasteiger partial charge in [-0.05, 0) is 25.1 Å². The van der Waals surface area contributed by atoms with Crippen molar-refractivity contribution in [1.82, 2.24) is 0 Å². The van der Waals surface area contributed by atoms with Crippen LogP contribution in [0, 0.1) is 0 Å². The van der Waals surface area contributed by atoms with Crippen molar-refractivity contribution in [3.63, 3.8) is 0 Å². The molecule has 0 aliphatic carbocycles. The molecule has 0 saturated carbocycles. The summed E-state index contributed by atoms with van der Waals surface area (Å²) in [6.45, 7) is 2.91.